The number of hydrogen-bond donors (Lipinski definition) is 0. The Morgan fingerprint density at radius 1 is 0.462 bits per heavy atom. The maximum absolute atomic E-state index is 11.4. The zero-order chi connectivity index (χ0) is 45.8. The molecule has 0 heterocycles. The zero-order valence-corrected chi connectivity index (χ0v) is 38.2. The van der Waals surface area contributed by atoms with Crippen molar-refractivity contribution in [1.82, 2.24) is 0 Å². The van der Waals surface area contributed by atoms with Gasteiger partial charge in [-0.2, -0.15) is 0 Å². The Bertz CT molecular complexity index is 2620. The van der Waals surface area contributed by atoms with Crippen molar-refractivity contribution >= 4 is 40.6 Å². The van der Waals surface area contributed by atoms with E-state index in [1.54, 1.807) is 14.2 Å². The maximum Gasteiger partial charge on any atom is 0.308 e. The van der Waals surface area contributed by atoms with Gasteiger partial charge in [0.05, 0.1) is 14.2 Å². The molecule has 7 aromatic carbocycles. The van der Waals surface area contributed by atoms with Gasteiger partial charge in [-0.3, -0.25) is 9.59 Å². The Balaban J connectivity index is 0.000000223. The summed E-state index contributed by atoms with van der Waals surface area (Å²) in [5.74, 6) is 2.18. The molecule has 7 nitrogen and oxygen atoms in total. The van der Waals surface area contributed by atoms with E-state index in [2.05, 4.69) is 134 Å². The highest BCUT2D eigenvalue weighted by molar-refractivity contribution is 5.92. The summed E-state index contributed by atoms with van der Waals surface area (Å²) in [6.45, 7) is 7.03. The summed E-state index contributed by atoms with van der Waals surface area (Å²) in [6.07, 6.45) is 8.23. The van der Waals surface area contributed by atoms with Crippen LogP contribution in [0.15, 0.2) is 170 Å². The smallest absolute Gasteiger partial charge is 0.308 e. The molecule has 1 aliphatic rings. The first-order valence-electron chi connectivity index (χ1n) is 22.2. The monoisotopic (exact) mass is 863 g/mol. The van der Waals surface area contributed by atoms with Crippen molar-refractivity contribution in [1.29, 1.82) is 0 Å². The van der Waals surface area contributed by atoms with E-state index >= 15 is 0 Å². The Kier molecular flexibility index (Phi) is 15.0. The Morgan fingerprint density at radius 2 is 0.815 bits per heavy atom. The number of ether oxygens (including phenoxy) is 4. The van der Waals surface area contributed by atoms with Crippen LogP contribution in [0.25, 0.3) is 11.6 Å². The standard InChI is InChI=1S/C37H33NO3.C21H24O3/c1-26-5-15-32(16-6-26)38(33-17-7-27(2)8-18-33)34-19-9-29(10-20-34)25-37(30-11-21-35(40-4)22-12-30)31-13-23-36(24-14-31)41-28(3)39;1-16(22)24-20-12-8-18(9-13-20)21(14-4-3-5-15-21)17-6-10-19(23-2)11-7-17/h5-25H,1-4H3;6-13H,3-5,14-15H2,1-2H3. The molecule has 0 aliphatic heterocycles. The van der Waals surface area contributed by atoms with Gasteiger partial charge < -0.3 is 23.8 Å². The fourth-order valence-corrected chi connectivity index (χ4v) is 8.51. The molecule has 7 heteroatoms. The minimum Gasteiger partial charge on any atom is -0.497 e. The van der Waals surface area contributed by atoms with Crippen molar-refractivity contribution < 1.29 is 28.5 Å². The molecule has 1 aliphatic carbocycles. The van der Waals surface area contributed by atoms with E-state index in [1.165, 1.54) is 55.4 Å². The first-order chi connectivity index (χ1) is 31.5. The molecule has 0 N–H and O–H groups in total. The molecule has 8 rings (SSSR count). The lowest BCUT2D eigenvalue weighted by molar-refractivity contribution is -0.132. The molecule has 0 unspecified atom stereocenters. The second-order valence-electron chi connectivity index (χ2n) is 16.5. The number of anilines is 3. The van der Waals surface area contributed by atoms with Crippen LogP contribution in [0, 0.1) is 13.8 Å². The van der Waals surface area contributed by atoms with Crippen molar-refractivity contribution in [3.8, 4) is 23.0 Å². The third-order valence-corrected chi connectivity index (χ3v) is 11.9. The molecule has 0 aromatic heterocycles. The quantitative estimate of drug-likeness (QED) is 0.0688. The lowest BCUT2D eigenvalue weighted by Crippen LogP contribution is -2.30. The SMILES string of the molecule is COc1ccc(C(=Cc2ccc(N(c3ccc(C)cc3)c3ccc(C)cc3)cc2)c2ccc(OC(C)=O)cc2)cc1.COc1ccc(C2(c3ccc(OC(C)=O)cc3)CCCCC2)cc1. The molecule has 0 amide bonds. The molecule has 1 fully saturated rings. The van der Waals surface area contributed by atoms with E-state index in [0.29, 0.717) is 11.5 Å². The molecule has 0 saturated heterocycles. The van der Waals surface area contributed by atoms with Crippen molar-refractivity contribution in [2.45, 2.75) is 65.2 Å². The van der Waals surface area contributed by atoms with Gasteiger partial charge in [0.25, 0.3) is 0 Å². The van der Waals surface area contributed by atoms with E-state index < -0.39 is 0 Å². The number of rotatable bonds is 12. The van der Waals surface area contributed by atoms with Crippen LogP contribution in [0.4, 0.5) is 17.1 Å². The fraction of sp³-hybridized carbons (Fsp3) is 0.207. The zero-order valence-electron chi connectivity index (χ0n) is 38.2. The van der Waals surface area contributed by atoms with Gasteiger partial charge >= 0.3 is 11.9 Å². The number of benzene rings is 7. The van der Waals surface area contributed by atoms with Crippen LogP contribution >= 0.6 is 0 Å². The van der Waals surface area contributed by atoms with E-state index in [1.807, 2.05) is 60.7 Å². The number of nitrogens with zero attached hydrogens (tertiary/aromatic N) is 1. The summed E-state index contributed by atoms with van der Waals surface area (Å²) in [7, 11) is 3.36. The molecule has 65 heavy (non-hydrogen) atoms. The first-order valence-corrected chi connectivity index (χ1v) is 22.2. The van der Waals surface area contributed by atoms with Gasteiger partial charge in [0, 0.05) is 36.3 Å². The molecular formula is C58H57NO6. The summed E-state index contributed by atoms with van der Waals surface area (Å²) in [5, 5.41) is 0. The minimum atomic E-state index is -0.339. The highest BCUT2D eigenvalue weighted by Crippen LogP contribution is 2.45. The number of aryl methyl sites for hydroxylation is 2. The van der Waals surface area contributed by atoms with E-state index in [4.69, 9.17) is 18.9 Å². The van der Waals surface area contributed by atoms with Gasteiger partial charge in [0.1, 0.15) is 23.0 Å². The van der Waals surface area contributed by atoms with Crippen LogP contribution in [-0.4, -0.2) is 26.2 Å². The number of hydrogen-bond acceptors (Lipinski definition) is 7. The van der Waals surface area contributed by atoms with Crippen LogP contribution in [0.5, 0.6) is 23.0 Å². The van der Waals surface area contributed by atoms with Gasteiger partial charge in [-0.05, 0) is 151 Å². The van der Waals surface area contributed by atoms with Crippen LogP contribution in [0.2, 0.25) is 0 Å². The molecule has 0 spiro atoms. The molecule has 0 atom stereocenters. The number of esters is 2. The van der Waals surface area contributed by atoms with Gasteiger partial charge in [-0.25, -0.2) is 0 Å². The second-order valence-corrected chi connectivity index (χ2v) is 16.5. The number of methoxy groups -OCH3 is 2. The van der Waals surface area contributed by atoms with Crippen molar-refractivity contribution in [2.75, 3.05) is 19.1 Å². The average molecular weight is 864 g/mol. The van der Waals surface area contributed by atoms with Gasteiger partial charge in [-0.15, -0.1) is 0 Å². The Morgan fingerprint density at radius 3 is 1.20 bits per heavy atom. The molecule has 330 valence electrons. The van der Waals surface area contributed by atoms with E-state index in [0.717, 1.165) is 63.7 Å². The third kappa shape index (κ3) is 11.6. The molecule has 1 saturated carbocycles. The van der Waals surface area contributed by atoms with Gasteiger partial charge in [0.15, 0.2) is 0 Å². The maximum atomic E-state index is 11.4. The Labute approximate surface area is 383 Å². The third-order valence-electron chi connectivity index (χ3n) is 11.9. The first kappa shape index (κ1) is 45.6. The predicted molar refractivity (Wildman–Crippen MR) is 263 cm³/mol. The average Bonchev–Trinajstić information content (AvgIpc) is 3.33. The molecule has 7 aromatic rings. The second kappa shape index (κ2) is 21.3. The van der Waals surface area contributed by atoms with Gasteiger partial charge in [0.2, 0.25) is 0 Å². The molecular weight excluding hydrogens is 807 g/mol. The molecule has 0 radical (unpaired) electrons. The van der Waals surface area contributed by atoms with Crippen LogP contribution < -0.4 is 23.8 Å². The van der Waals surface area contributed by atoms with Crippen molar-refractivity contribution in [3.63, 3.8) is 0 Å². The summed E-state index contributed by atoms with van der Waals surface area (Å²) in [6, 6.07) is 57.8. The van der Waals surface area contributed by atoms with Crippen LogP contribution in [-0.2, 0) is 15.0 Å². The summed E-state index contributed by atoms with van der Waals surface area (Å²) in [4.78, 5) is 24.8. The lowest BCUT2D eigenvalue weighted by atomic mass is 9.65. The summed E-state index contributed by atoms with van der Waals surface area (Å²) in [5.41, 5.74) is 12.6. The number of carbonyl (C=O) groups excluding carboxylic acids is 2. The summed E-state index contributed by atoms with van der Waals surface area (Å²) < 4.78 is 21.1. The lowest BCUT2D eigenvalue weighted by Gasteiger charge is -2.38. The van der Waals surface area contributed by atoms with Crippen molar-refractivity contribution in [3.05, 3.63) is 209 Å². The fourth-order valence-electron chi connectivity index (χ4n) is 8.51. The van der Waals surface area contributed by atoms with Crippen LogP contribution in [0.1, 0.15) is 84.9 Å². The number of carbonyl (C=O) groups is 2. The topological polar surface area (TPSA) is 74.3 Å². The normalized spacial score (nSPS) is 13.1. The van der Waals surface area contributed by atoms with E-state index in [-0.39, 0.29) is 17.4 Å². The van der Waals surface area contributed by atoms with Crippen molar-refractivity contribution in [2.24, 2.45) is 0 Å². The highest BCUT2D eigenvalue weighted by atomic mass is 16.5. The van der Waals surface area contributed by atoms with E-state index in [9.17, 15) is 9.59 Å². The minimum absolute atomic E-state index is 0.0409. The Hall–Kier alpha value is -7.38. The highest BCUT2D eigenvalue weighted by Gasteiger charge is 2.35. The van der Waals surface area contributed by atoms with Gasteiger partial charge in [-0.1, -0.05) is 115 Å². The largest absolute Gasteiger partial charge is 0.497 e. The predicted octanol–water partition coefficient (Wildman–Crippen LogP) is 14.2. The summed E-state index contributed by atoms with van der Waals surface area (Å²) >= 11 is 0. The van der Waals surface area contributed by atoms with Crippen LogP contribution in [0.3, 0.4) is 0 Å². The molecule has 0 bridgehead atoms.